The fraction of sp³-hybridized carbons (Fsp3) is 0.325. The molecule has 0 saturated carbocycles. The molecule has 4 aromatic rings. The van der Waals surface area contributed by atoms with Crippen LogP contribution in [0.1, 0.15) is 46.4 Å². The van der Waals surface area contributed by atoms with Crippen molar-refractivity contribution in [3.05, 3.63) is 117 Å². The minimum atomic E-state index is -0.740. The number of piperazine rings is 1. The van der Waals surface area contributed by atoms with E-state index in [1.807, 2.05) is 22.4 Å². The van der Waals surface area contributed by atoms with Gasteiger partial charge >= 0.3 is 12.0 Å². The van der Waals surface area contributed by atoms with Crippen LogP contribution in [-0.4, -0.2) is 102 Å². The van der Waals surface area contributed by atoms with E-state index >= 15 is 0 Å². The number of nitrogens with zero attached hydrogens (tertiary/aromatic N) is 5. The van der Waals surface area contributed by atoms with Crippen LogP contribution in [0.3, 0.4) is 0 Å². The van der Waals surface area contributed by atoms with Crippen LogP contribution < -0.4 is 20.3 Å². The Bertz CT molecular complexity index is 2140. The molecule has 3 aliphatic heterocycles. The van der Waals surface area contributed by atoms with E-state index < -0.39 is 17.6 Å². The number of esters is 1. The van der Waals surface area contributed by atoms with E-state index in [2.05, 4.69) is 20.5 Å². The fourth-order valence-electron chi connectivity index (χ4n) is 6.97. The molecule has 0 spiro atoms. The second-order valence-corrected chi connectivity index (χ2v) is 15.2. The molecule has 2 saturated heterocycles. The first kappa shape index (κ1) is 37.7. The summed E-state index contributed by atoms with van der Waals surface area (Å²) in [6.45, 7) is 7.57. The maximum atomic E-state index is 14.1. The number of ether oxygens (including phenoxy) is 2. The number of aromatic nitrogens is 1. The van der Waals surface area contributed by atoms with Gasteiger partial charge in [0.05, 0.1) is 30.9 Å². The first-order valence-electron chi connectivity index (χ1n) is 17.9. The summed E-state index contributed by atoms with van der Waals surface area (Å²) in [6, 6.07) is 17.5. The average molecular weight is 768 g/mol. The van der Waals surface area contributed by atoms with Gasteiger partial charge in [0.15, 0.2) is 10.8 Å². The highest BCUT2D eigenvalue weighted by Crippen LogP contribution is 2.36. The predicted octanol–water partition coefficient (Wildman–Crippen LogP) is 5.03. The third kappa shape index (κ3) is 8.09. The molecule has 55 heavy (non-hydrogen) atoms. The molecule has 1 aromatic heterocycles. The molecule has 13 nitrogen and oxygen atoms in total. The molecule has 3 aliphatic rings. The zero-order valence-electron chi connectivity index (χ0n) is 30.9. The van der Waals surface area contributed by atoms with Crippen LogP contribution in [0.25, 0.3) is 0 Å². The highest BCUT2D eigenvalue weighted by atomic mass is 32.1. The maximum absolute atomic E-state index is 14.1. The number of aliphatic hydroxyl groups excluding tert-OH is 1. The van der Waals surface area contributed by atoms with Gasteiger partial charge in [0, 0.05) is 61.2 Å². The summed E-state index contributed by atoms with van der Waals surface area (Å²) >= 11 is 1.42. The lowest BCUT2D eigenvalue weighted by molar-refractivity contribution is -0.136. The predicted molar refractivity (Wildman–Crippen MR) is 206 cm³/mol. The summed E-state index contributed by atoms with van der Waals surface area (Å²) in [5.74, 6) is 0.431. The van der Waals surface area contributed by atoms with Crippen molar-refractivity contribution in [2.24, 2.45) is 4.99 Å². The number of aliphatic imine (C=N–C) groups is 1. The van der Waals surface area contributed by atoms with Crippen LogP contribution in [0, 0.1) is 12.7 Å². The first-order valence-corrected chi connectivity index (χ1v) is 18.7. The van der Waals surface area contributed by atoms with Crippen LogP contribution in [0.2, 0.25) is 0 Å². The second-order valence-electron chi connectivity index (χ2n) is 14.3. The molecule has 3 amide bonds. The molecule has 7 rings (SSSR count). The van der Waals surface area contributed by atoms with E-state index in [0.29, 0.717) is 83.0 Å². The lowest BCUT2D eigenvalue weighted by atomic mass is 9.92. The molecular weight excluding hydrogens is 726 g/mol. The number of benzene rings is 3. The van der Waals surface area contributed by atoms with Crippen LogP contribution in [0.15, 0.2) is 94.6 Å². The number of fused-ring (bicyclic) bond motifs is 1. The Labute approximate surface area is 322 Å². The molecule has 2 fully saturated rings. The highest BCUT2D eigenvalue weighted by molar-refractivity contribution is 7.11. The maximum Gasteiger partial charge on any atom is 0.338 e. The Morgan fingerprint density at radius 3 is 2.44 bits per heavy atom. The summed E-state index contributed by atoms with van der Waals surface area (Å²) in [7, 11) is 1.33. The number of aliphatic hydroxyl groups is 1. The molecular formula is C40H42FN7O6S. The summed E-state index contributed by atoms with van der Waals surface area (Å²) in [5.41, 5.74) is 2.76. The van der Waals surface area contributed by atoms with E-state index in [4.69, 9.17) is 14.5 Å². The standard InChI is InChI=1S/C40H42FN7O6S/c1-24-19-26(41)7-14-31(24)34-33(38(51)53-4)32(43-35(44-34)37-42-15-18-55-37)22-46-16-17-47-28(20-46)21-48(39(47)52)27-8-12-30(13-9-27)54-29-10-5-25(6-11-29)36(50)45-40(2,3)23-49/h5-15,18-19,28,34,49H,16-17,20-23H2,1-4H3,(H,43,44)(H,45,50)/t28-,34-/m0/s1. The number of methoxy groups -OCH3 is 1. The normalized spacial score (nSPS) is 18.8. The minimum Gasteiger partial charge on any atom is -0.466 e. The van der Waals surface area contributed by atoms with E-state index in [-0.39, 0.29) is 30.4 Å². The van der Waals surface area contributed by atoms with Gasteiger partial charge in [0.25, 0.3) is 5.91 Å². The number of hydrogen-bond acceptors (Lipinski definition) is 11. The number of amidine groups is 1. The summed E-state index contributed by atoms with van der Waals surface area (Å²) in [4.78, 5) is 54.8. The monoisotopic (exact) mass is 767 g/mol. The topological polar surface area (TPSA) is 149 Å². The fourth-order valence-corrected chi connectivity index (χ4v) is 7.56. The SMILES string of the molecule is COC(=O)C1=C(CN2CCN3C(=O)N(c4ccc(Oc5ccc(C(=O)NC(C)(C)CO)cc5)cc4)C[C@@H]3C2)NC(c2nccs2)=N[C@H]1c1ccc(F)cc1C. The van der Waals surface area contributed by atoms with Crippen LogP contribution in [-0.2, 0) is 9.53 Å². The molecule has 0 bridgehead atoms. The molecule has 2 atom stereocenters. The number of anilines is 1. The number of carbonyl (C=O) groups excluding carboxylic acids is 3. The summed E-state index contributed by atoms with van der Waals surface area (Å²) in [5, 5.41) is 18.1. The van der Waals surface area contributed by atoms with Crippen LogP contribution in [0.5, 0.6) is 11.5 Å². The molecule has 3 aromatic carbocycles. The Balaban J connectivity index is 1.04. The van der Waals surface area contributed by atoms with Crippen molar-refractivity contribution in [1.82, 2.24) is 25.4 Å². The van der Waals surface area contributed by atoms with Gasteiger partial charge in [-0.3, -0.25) is 19.6 Å². The van der Waals surface area contributed by atoms with Crippen molar-refractivity contribution in [3.63, 3.8) is 0 Å². The third-order valence-corrected chi connectivity index (χ3v) is 10.6. The second kappa shape index (κ2) is 15.6. The molecule has 286 valence electrons. The molecule has 4 heterocycles. The Kier molecular flexibility index (Phi) is 10.7. The Morgan fingerprint density at radius 2 is 1.78 bits per heavy atom. The number of thiazole rings is 1. The van der Waals surface area contributed by atoms with Gasteiger partial charge in [-0.15, -0.1) is 11.3 Å². The van der Waals surface area contributed by atoms with E-state index in [0.717, 1.165) is 5.69 Å². The van der Waals surface area contributed by atoms with Crippen molar-refractivity contribution in [2.45, 2.75) is 38.4 Å². The van der Waals surface area contributed by atoms with Crippen molar-refractivity contribution in [2.75, 3.05) is 51.3 Å². The van der Waals surface area contributed by atoms with Crippen LogP contribution in [0.4, 0.5) is 14.9 Å². The first-order chi connectivity index (χ1) is 26.4. The van der Waals surface area contributed by atoms with Crippen molar-refractivity contribution in [3.8, 4) is 11.5 Å². The number of nitrogens with one attached hydrogen (secondary N) is 2. The Morgan fingerprint density at radius 1 is 1.05 bits per heavy atom. The quantitative estimate of drug-likeness (QED) is 0.179. The largest absolute Gasteiger partial charge is 0.466 e. The average Bonchev–Trinajstić information content (AvgIpc) is 3.83. The third-order valence-electron chi connectivity index (χ3n) is 9.86. The summed E-state index contributed by atoms with van der Waals surface area (Å²) < 4.78 is 25.4. The van der Waals surface area contributed by atoms with Gasteiger partial charge in [0.1, 0.15) is 23.4 Å². The number of halogens is 1. The molecule has 0 radical (unpaired) electrons. The number of carbonyl (C=O) groups is 3. The van der Waals surface area contributed by atoms with Crippen LogP contribution >= 0.6 is 11.3 Å². The lowest BCUT2D eigenvalue weighted by Gasteiger charge is -2.38. The number of aryl methyl sites for hydroxylation is 1. The number of hydrogen-bond donors (Lipinski definition) is 3. The number of amides is 3. The number of urea groups is 1. The van der Waals surface area contributed by atoms with Gasteiger partial charge in [-0.2, -0.15) is 0 Å². The number of rotatable bonds is 11. The summed E-state index contributed by atoms with van der Waals surface area (Å²) in [6.07, 6.45) is 1.69. The molecule has 15 heteroatoms. The van der Waals surface area contributed by atoms with Gasteiger partial charge < -0.3 is 30.1 Å². The Hall–Kier alpha value is -5.64. The van der Waals surface area contributed by atoms with E-state index in [9.17, 15) is 23.9 Å². The van der Waals surface area contributed by atoms with E-state index in [1.54, 1.807) is 74.3 Å². The molecule has 0 unspecified atom stereocenters. The van der Waals surface area contributed by atoms with Gasteiger partial charge in [-0.25, -0.2) is 19.0 Å². The van der Waals surface area contributed by atoms with Crippen molar-refractivity contribution >= 4 is 40.8 Å². The van der Waals surface area contributed by atoms with Crippen molar-refractivity contribution < 1.29 is 33.4 Å². The van der Waals surface area contributed by atoms with Gasteiger partial charge in [-0.1, -0.05) is 6.07 Å². The smallest absolute Gasteiger partial charge is 0.338 e. The van der Waals surface area contributed by atoms with Crippen molar-refractivity contribution in [1.29, 1.82) is 0 Å². The zero-order valence-corrected chi connectivity index (χ0v) is 31.7. The van der Waals surface area contributed by atoms with E-state index in [1.165, 1.54) is 30.6 Å². The highest BCUT2D eigenvalue weighted by Gasteiger charge is 2.42. The molecule has 3 N–H and O–H groups in total. The zero-order chi connectivity index (χ0) is 38.9. The van der Waals surface area contributed by atoms with Gasteiger partial charge in [0.2, 0.25) is 0 Å². The minimum absolute atomic E-state index is 0.0770. The molecule has 0 aliphatic carbocycles. The lowest BCUT2D eigenvalue weighted by Crippen LogP contribution is -2.53. The van der Waals surface area contributed by atoms with Gasteiger partial charge in [-0.05, 0) is 92.6 Å².